The number of H-pyrrole nitrogens is 1. The molecule has 1 amide bonds. The average Bonchev–Trinajstić information content (AvgIpc) is 2.99. The van der Waals surface area contributed by atoms with Gasteiger partial charge < -0.3 is 15.0 Å². The van der Waals surface area contributed by atoms with E-state index in [4.69, 9.17) is 0 Å². The number of hydrogen-bond donors (Lipinski definition) is 2. The van der Waals surface area contributed by atoms with Crippen LogP contribution in [0.2, 0.25) is 0 Å². The lowest BCUT2D eigenvalue weighted by Gasteiger charge is -2.39. The second-order valence-corrected chi connectivity index (χ2v) is 6.36. The molecule has 0 fully saturated rings. The summed E-state index contributed by atoms with van der Waals surface area (Å²) >= 11 is 0. The number of nitrogens with zero attached hydrogens (tertiary/aromatic N) is 1. The van der Waals surface area contributed by atoms with Crippen LogP contribution in [0.3, 0.4) is 0 Å². The van der Waals surface area contributed by atoms with Gasteiger partial charge in [0.15, 0.2) is 0 Å². The first-order chi connectivity index (χ1) is 12.1. The van der Waals surface area contributed by atoms with E-state index in [0.29, 0.717) is 6.42 Å². The molecule has 5 nitrogen and oxygen atoms in total. The van der Waals surface area contributed by atoms with Crippen molar-refractivity contribution in [2.24, 2.45) is 0 Å². The second kappa shape index (κ2) is 5.77. The van der Waals surface area contributed by atoms with Crippen molar-refractivity contribution in [3.05, 3.63) is 71.4 Å². The van der Waals surface area contributed by atoms with Crippen LogP contribution in [0.4, 0.5) is 0 Å². The van der Waals surface area contributed by atoms with Crippen molar-refractivity contribution in [1.29, 1.82) is 0 Å². The monoisotopic (exact) mass is 334 g/mol. The smallest absolute Gasteiger partial charge is 0.326 e. The van der Waals surface area contributed by atoms with Crippen LogP contribution >= 0.6 is 0 Å². The van der Waals surface area contributed by atoms with Crippen LogP contribution in [0, 0.1) is 0 Å². The summed E-state index contributed by atoms with van der Waals surface area (Å²) in [5, 5.41) is 10.8. The molecule has 2 N–H and O–H groups in total. The summed E-state index contributed by atoms with van der Waals surface area (Å²) < 4.78 is 0. The fraction of sp³-hybridized carbons (Fsp3) is 0.200. The van der Waals surface area contributed by atoms with Crippen molar-refractivity contribution in [1.82, 2.24) is 9.88 Å². The number of nitrogens with one attached hydrogen (secondary N) is 1. The van der Waals surface area contributed by atoms with E-state index in [9.17, 15) is 14.7 Å². The fourth-order valence-corrected chi connectivity index (χ4v) is 3.86. The molecule has 25 heavy (non-hydrogen) atoms. The Morgan fingerprint density at radius 3 is 2.44 bits per heavy atom. The third kappa shape index (κ3) is 2.39. The highest BCUT2D eigenvalue weighted by molar-refractivity contribution is 5.89. The maximum Gasteiger partial charge on any atom is 0.326 e. The summed E-state index contributed by atoms with van der Waals surface area (Å²) in [5.74, 6) is -1.22. The van der Waals surface area contributed by atoms with Crippen LogP contribution in [0.15, 0.2) is 54.6 Å². The molecule has 2 heterocycles. The Morgan fingerprint density at radius 2 is 1.76 bits per heavy atom. The molecule has 1 aliphatic heterocycles. The van der Waals surface area contributed by atoms with Gasteiger partial charge in [-0.25, -0.2) is 4.79 Å². The van der Waals surface area contributed by atoms with Gasteiger partial charge in [-0.05, 0) is 17.2 Å². The summed E-state index contributed by atoms with van der Waals surface area (Å²) in [6.07, 6.45) is 0.303. The van der Waals surface area contributed by atoms with Crippen molar-refractivity contribution < 1.29 is 14.7 Å². The van der Waals surface area contributed by atoms with Gasteiger partial charge in [0.25, 0.3) is 0 Å². The predicted molar refractivity (Wildman–Crippen MR) is 94.2 cm³/mol. The molecule has 4 rings (SSSR count). The molecule has 126 valence electrons. The number of benzene rings is 2. The molecule has 5 heteroatoms. The standard InChI is InChI=1S/C20H18N2O3/c1-12(23)22-17(20(24)25)11-15-14-9-5-6-10-16(14)21-18(15)19(22)13-7-3-2-4-8-13/h2-10,17,19,21H,11H2,1H3,(H,24,25)/t17-,19?/m0/s1. The first kappa shape index (κ1) is 15.4. The van der Waals surface area contributed by atoms with Crippen LogP contribution in [0.1, 0.15) is 29.8 Å². The van der Waals surface area contributed by atoms with E-state index >= 15 is 0 Å². The zero-order valence-corrected chi connectivity index (χ0v) is 13.8. The lowest BCUT2D eigenvalue weighted by atomic mass is 9.88. The highest BCUT2D eigenvalue weighted by atomic mass is 16.4. The minimum absolute atomic E-state index is 0.245. The van der Waals surface area contributed by atoms with Crippen molar-refractivity contribution in [3.8, 4) is 0 Å². The molecule has 0 aliphatic carbocycles. The maximum atomic E-state index is 12.4. The summed E-state index contributed by atoms with van der Waals surface area (Å²) in [6.45, 7) is 1.43. The van der Waals surface area contributed by atoms with Gasteiger partial charge in [0.1, 0.15) is 6.04 Å². The third-order valence-electron chi connectivity index (χ3n) is 4.90. The van der Waals surface area contributed by atoms with Crippen LogP contribution < -0.4 is 0 Å². The third-order valence-corrected chi connectivity index (χ3v) is 4.90. The lowest BCUT2D eigenvalue weighted by molar-refractivity contribution is -0.151. The van der Waals surface area contributed by atoms with Gasteiger partial charge in [-0.3, -0.25) is 4.79 Å². The predicted octanol–water partition coefficient (Wildman–Crippen LogP) is 3.12. The molecule has 2 atom stereocenters. The summed E-state index contributed by atoms with van der Waals surface area (Å²) in [4.78, 5) is 29.2. The lowest BCUT2D eigenvalue weighted by Crippen LogP contribution is -2.50. The number of carboxylic acids is 1. The van der Waals surface area contributed by atoms with Gasteiger partial charge in [0, 0.05) is 29.9 Å². The number of aromatic nitrogens is 1. The Bertz CT molecular complexity index is 961. The number of para-hydroxylation sites is 1. The molecule has 0 saturated carbocycles. The van der Waals surface area contributed by atoms with E-state index in [1.54, 1.807) is 0 Å². The molecule has 3 aromatic rings. The number of carbonyl (C=O) groups excluding carboxylic acids is 1. The Kier molecular flexibility index (Phi) is 3.57. The number of aliphatic carboxylic acids is 1. The number of hydrogen-bond acceptors (Lipinski definition) is 2. The Labute approximate surface area is 144 Å². The zero-order valence-electron chi connectivity index (χ0n) is 13.8. The van der Waals surface area contributed by atoms with Gasteiger partial charge in [-0.1, -0.05) is 48.5 Å². The molecule has 2 aromatic carbocycles. The van der Waals surface area contributed by atoms with E-state index in [1.807, 2.05) is 54.6 Å². The van der Waals surface area contributed by atoms with Gasteiger partial charge >= 0.3 is 5.97 Å². The Hall–Kier alpha value is -3.08. The number of amides is 1. The van der Waals surface area contributed by atoms with Gasteiger partial charge in [-0.2, -0.15) is 0 Å². The van der Waals surface area contributed by atoms with Crippen molar-refractivity contribution in [3.63, 3.8) is 0 Å². The molecule has 1 aromatic heterocycles. The summed E-state index contributed by atoms with van der Waals surface area (Å²) in [6, 6.07) is 16.1. The topological polar surface area (TPSA) is 73.4 Å². The van der Waals surface area contributed by atoms with Crippen LogP contribution in [-0.2, 0) is 16.0 Å². The minimum Gasteiger partial charge on any atom is -0.480 e. The van der Waals surface area contributed by atoms with E-state index in [-0.39, 0.29) is 5.91 Å². The highest BCUT2D eigenvalue weighted by Crippen LogP contribution is 2.40. The van der Waals surface area contributed by atoms with Crippen LogP contribution in [0.5, 0.6) is 0 Å². The van der Waals surface area contributed by atoms with Gasteiger partial charge in [-0.15, -0.1) is 0 Å². The number of fused-ring (bicyclic) bond motifs is 3. The van der Waals surface area contributed by atoms with E-state index < -0.39 is 18.1 Å². The average molecular weight is 334 g/mol. The molecule has 0 radical (unpaired) electrons. The Morgan fingerprint density at radius 1 is 1.08 bits per heavy atom. The molecule has 0 bridgehead atoms. The maximum absolute atomic E-state index is 12.4. The molecular weight excluding hydrogens is 316 g/mol. The first-order valence-electron chi connectivity index (χ1n) is 8.24. The molecule has 1 unspecified atom stereocenters. The summed E-state index contributed by atoms with van der Waals surface area (Å²) in [7, 11) is 0. The van der Waals surface area contributed by atoms with Gasteiger partial charge in [0.2, 0.25) is 5.91 Å². The van der Waals surface area contributed by atoms with Crippen LogP contribution in [-0.4, -0.2) is 32.9 Å². The fourth-order valence-electron chi connectivity index (χ4n) is 3.86. The second-order valence-electron chi connectivity index (χ2n) is 6.36. The van der Waals surface area contributed by atoms with E-state index in [2.05, 4.69) is 4.98 Å². The highest BCUT2D eigenvalue weighted by Gasteiger charge is 2.42. The van der Waals surface area contributed by atoms with E-state index in [0.717, 1.165) is 27.7 Å². The van der Waals surface area contributed by atoms with Crippen LogP contribution in [0.25, 0.3) is 10.9 Å². The number of carboxylic acid groups (broad SMARTS) is 1. The normalized spacial score (nSPS) is 19.6. The molecular formula is C20H18N2O3. The zero-order chi connectivity index (χ0) is 17.6. The first-order valence-corrected chi connectivity index (χ1v) is 8.24. The number of carbonyl (C=O) groups is 2. The molecule has 1 aliphatic rings. The Balaban J connectivity index is 2.00. The SMILES string of the molecule is CC(=O)N1C(c2ccccc2)c2[nH]c3ccccc3c2C[C@H]1C(=O)O. The number of aromatic amines is 1. The quantitative estimate of drug-likeness (QED) is 0.756. The van der Waals surface area contributed by atoms with E-state index in [1.165, 1.54) is 11.8 Å². The van der Waals surface area contributed by atoms with Gasteiger partial charge in [0.05, 0.1) is 6.04 Å². The largest absolute Gasteiger partial charge is 0.480 e. The minimum atomic E-state index is -0.980. The molecule has 0 saturated heterocycles. The van der Waals surface area contributed by atoms with Crippen molar-refractivity contribution in [2.75, 3.05) is 0 Å². The number of rotatable bonds is 2. The molecule has 0 spiro atoms. The van der Waals surface area contributed by atoms with Crippen molar-refractivity contribution >= 4 is 22.8 Å². The summed E-state index contributed by atoms with van der Waals surface area (Å²) in [5.41, 5.74) is 3.74. The van der Waals surface area contributed by atoms with Crippen molar-refractivity contribution in [2.45, 2.75) is 25.4 Å².